The van der Waals surface area contributed by atoms with Gasteiger partial charge in [-0.1, -0.05) is 18.2 Å². The molecule has 0 saturated carbocycles. The molecule has 6 nitrogen and oxygen atoms in total. The Bertz CT molecular complexity index is 788. The fourth-order valence-corrected chi connectivity index (χ4v) is 2.77. The Kier molecular flexibility index (Phi) is 6.51. The molecule has 1 amide bonds. The molecule has 0 heterocycles. The van der Waals surface area contributed by atoms with E-state index in [9.17, 15) is 19.5 Å². The predicted molar refractivity (Wildman–Crippen MR) is 99.5 cm³/mol. The van der Waals surface area contributed by atoms with Crippen LogP contribution in [0.1, 0.15) is 22.8 Å². The number of hydrogen-bond donors (Lipinski definition) is 2. The lowest BCUT2D eigenvalue weighted by molar-refractivity contribution is -0.139. The molecule has 2 N–H and O–H groups in total. The Balaban J connectivity index is 2.08. The smallest absolute Gasteiger partial charge is 0.326 e. The average molecular weight is 453 g/mol. The Morgan fingerprint density at radius 3 is 2.32 bits per heavy atom. The zero-order valence-electron chi connectivity index (χ0n) is 13.4. The topological polar surface area (TPSA) is 92.7 Å². The van der Waals surface area contributed by atoms with Gasteiger partial charge in [0.2, 0.25) is 0 Å². The van der Waals surface area contributed by atoms with Crippen LogP contribution in [0.25, 0.3) is 0 Å². The monoisotopic (exact) mass is 453 g/mol. The van der Waals surface area contributed by atoms with Gasteiger partial charge in [-0.2, -0.15) is 0 Å². The van der Waals surface area contributed by atoms with Crippen molar-refractivity contribution in [1.29, 1.82) is 0 Å². The fraction of sp³-hybridized carbons (Fsp3) is 0.167. The molecule has 0 aliphatic carbocycles. The van der Waals surface area contributed by atoms with Crippen molar-refractivity contribution in [3.05, 3.63) is 63.2 Å². The first kappa shape index (κ1) is 18.9. The molecule has 25 heavy (non-hydrogen) atoms. The van der Waals surface area contributed by atoms with Crippen molar-refractivity contribution in [3.8, 4) is 5.75 Å². The minimum atomic E-state index is -1.11. The van der Waals surface area contributed by atoms with Crippen LogP contribution < -0.4 is 10.1 Å². The highest BCUT2D eigenvalue weighted by molar-refractivity contribution is 14.1. The molecule has 2 aromatic carbocycles. The van der Waals surface area contributed by atoms with Crippen molar-refractivity contribution in [2.75, 3.05) is 0 Å². The number of carbonyl (C=O) groups excluding carboxylic acids is 2. The van der Waals surface area contributed by atoms with E-state index in [-0.39, 0.29) is 12.0 Å². The van der Waals surface area contributed by atoms with E-state index in [1.165, 1.54) is 31.2 Å². The lowest BCUT2D eigenvalue weighted by atomic mass is 10.1. The van der Waals surface area contributed by atoms with Gasteiger partial charge in [-0.15, -0.1) is 0 Å². The van der Waals surface area contributed by atoms with E-state index in [1.54, 1.807) is 0 Å². The van der Waals surface area contributed by atoms with E-state index in [0.717, 1.165) is 9.13 Å². The quantitative estimate of drug-likeness (QED) is 0.399. The molecule has 0 fully saturated rings. The van der Waals surface area contributed by atoms with Crippen molar-refractivity contribution in [1.82, 2.24) is 5.32 Å². The van der Waals surface area contributed by atoms with Crippen LogP contribution >= 0.6 is 22.6 Å². The molecule has 0 aromatic heterocycles. The van der Waals surface area contributed by atoms with Crippen LogP contribution in [0.5, 0.6) is 5.75 Å². The molecule has 0 saturated heterocycles. The van der Waals surface area contributed by atoms with Gasteiger partial charge in [0.25, 0.3) is 5.91 Å². The number of carboxylic acids is 1. The summed E-state index contributed by atoms with van der Waals surface area (Å²) in [6.45, 7) is 1.28. The van der Waals surface area contributed by atoms with Crippen molar-refractivity contribution in [2.24, 2.45) is 0 Å². The maximum Gasteiger partial charge on any atom is 0.326 e. The highest BCUT2D eigenvalue weighted by Gasteiger charge is 2.22. The Morgan fingerprint density at radius 1 is 1.12 bits per heavy atom. The molecule has 1 atom stereocenters. The summed E-state index contributed by atoms with van der Waals surface area (Å²) in [5, 5.41) is 11.9. The predicted octanol–water partition coefficient (Wildman–Crippen LogP) is 2.64. The van der Waals surface area contributed by atoms with Gasteiger partial charge in [0.05, 0.1) is 0 Å². The second kappa shape index (κ2) is 8.61. The first-order valence-electron chi connectivity index (χ1n) is 7.42. The second-order valence-electron chi connectivity index (χ2n) is 5.28. The number of hydrogen-bond acceptors (Lipinski definition) is 4. The van der Waals surface area contributed by atoms with E-state index in [1.807, 2.05) is 24.3 Å². The third kappa shape index (κ3) is 5.56. The molecule has 0 aliphatic rings. The van der Waals surface area contributed by atoms with Gasteiger partial charge in [0.15, 0.2) is 0 Å². The molecule has 0 spiro atoms. The van der Waals surface area contributed by atoms with Gasteiger partial charge < -0.3 is 15.2 Å². The van der Waals surface area contributed by atoms with Gasteiger partial charge in [-0.05, 0) is 58.5 Å². The average Bonchev–Trinajstić information content (AvgIpc) is 2.56. The zero-order valence-corrected chi connectivity index (χ0v) is 15.5. The number of halogens is 1. The number of ether oxygens (including phenoxy) is 1. The summed E-state index contributed by atoms with van der Waals surface area (Å²) >= 11 is 2.13. The summed E-state index contributed by atoms with van der Waals surface area (Å²) in [5.41, 5.74) is 1.13. The molecular weight excluding hydrogens is 437 g/mol. The van der Waals surface area contributed by atoms with Crippen molar-refractivity contribution < 1.29 is 24.2 Å². The molecule has 0 radical (unpaired) electrons. The normalized spacial score (nSPS) is 11.4. The van der Waals surface area contributed by atoms with Gasteiger partial charge in [0, 0.05) is 22.5 Å². The van der Waals surface area contributed by atoms with Crippen LogP contribution in [0.3, 0.4) is 0 Å². The summed E-state index contributed by atoms with van der Waals surface area (Å²) in [6, 6.07) is 12.3. The van der Waals surface area contributed by atoms with Crippen molar-refractivity contribution in [3.63, 3.8) is 0 Å². The molecule has 130 valence electrons. The van der Waals surface area contributed by atoms with Crippen LogP contribution in [0, 0.1) is 3.57 Å². The molecule has 2 aromatic rings. The lowest BCUT2D eigenvalue weighted by Gasteiger charge is -2.15. The van der Waals surface area contributed by atoms with Crippen LogP contribution in [0.4, 0.5) is 0 Å². The first-order chi connectivity index (χ1) is 11.9. The second-order valence-corrected chi connectivity index (χ2v) is 6.44. The van der Waals surface area contributed by atoms with E-state index >= 15 is 0 Å². The maximum absolute atomic E-state index is 12.3. The Morgan fingerprint density at radius 2 is 1.76 bits per heavy atom. The summed E-state index contributed by atoms with van der Waals surface area (Å²) in [7, 11) is 0. The van der Waals surface area contributed by atoms with Gasteiger partial charge in [-0.25, -0.2) is 4.79 Å². The lowest BCUT2D eigenvalue weighted by Crippen LogP contribution is -2.42. The fourth-order valence-electron chi connectivity index (χ4n) is 2.17. The third-order valence-electron chi connectivity index (χ3n) is 3.36. The molecule has 2 rings (SSSR count). The molecule has 7 heteroatoms. The standard InChI is InChI=1S/C18H16INO5/c1-11(21)25-14-8-6-12(7-9-14)17(22)20-16(18(23)24)10-13-4-2-3-5-15(13)19/h2-9,16H,10H2,1H3,(H,20,22)(H,23,24)/t16-/m0/s1. The number of carbonyl (C=O) groups is 3. The van der Waals surface area contributed by atoms with Gasteiger partial charge in [0.1, 0.15) is 11.8 Å². The molecule has 0 unspecified atom stereocenters. The van der Waals surface area contributed by atoms with E-state index in [2.05, 4.69) is 27.9 Å². The number of esters is 1. The zero-order chi connectivity index (χ0) is 18.4. The van der Waals surface area contributed by atoms with Crippen LogP contribution in [0.2, 0.25) is 0 Å². The Hall–Kier alpha value is -2.42. The van der Waals surface area contributed by atoms with Crippen molar-refractivity contribution in [2.45, 2.75) is 19.4 Å². The third-order valence-corrected chi connectivity index (χ3v) is 4.42. The highest BCUT2D eigenvalue weighted by Crippen LogP contribution is 2.15. The number of carboxylic acid groups (broad SMARTS) is 1. The van der Waals surface area contributed by atoms with Crippen LogP contribution in [0.15, 0.2) is 48.5 Å². The molecule has 0 bridgehead atoms. The molecule has 0 aliphatic heterocycles. The summed E-state index contributed by atoms with van der Waals surface area (Å²) in [6.07, 6.45) is 0.186. The van der Waals surface area contributed by atoms with Gasteiger partial charge >= 0.3 is 11.9 Å². The SMILES string of the molecule is CC(=O)Oc1ccc(C(=O)N[C@@H](Cc2ccccc2I)C(=O)O)cc1. The largest absolute Gasteiger partial charge is 0.480 e. The number of benzene rings is 2. The van der Waals surface area contributed by atoms with Crippen molar-refractivity contribution >= 4 is 40.4 Å². The highest BCUT2D eigenvalue weighted by atomic mass is 127. The summed E-state index contributed by atoms with van der Waals surface area (Å²) < 4.78 is 5.83. The van der Waals surface area contributed by atoms with E-state index < -0.39 is 23.9 Å². The van der Waals surface area contributed by atoms with Crippen LogP contribution in [-0.4, -0.2) is 29.0 Å². The maximum atomic E-state index is 12.3. The number of nitrogens with one attached hydrogen (secondary N) is 1. The first-order valence-corrected chi connectivity index (χ1v) is 8.50. The van der Waals surface area contributed by atoms with Gasteiger partial charge in [-0.3, -0.25) is 9.59 Å². The Labute approximate surface area is 158 Å². The summed E-state index contributed by atoms with van der Waals surface area (Å²) in [5.74, 6) is -1.75. The molecular formula is C18H16INO5. The number of aliphatic carboxylic acids is 1. The number of amides is 1. The number of rotatable bonds is 6. The van der Waals surface area contributed by atoms with E-state index in [0.29, 0.717) is 5.75 Å². The van der Waals surface area contributed by atoms with E-state index in [4.69, 9.17) is 4.74 Å². The van der Waals surface area contributed by atoms with Crippen LogP contribution in [-0.2, 0) is 16.0 Å². The summed E-state index contributed by atoms with van der Waals surface area (Å²) in [4.78, 5) is 34.7. The minimum Gasteiger partial charge on any atom is -0.480 e. The minimum absolute atomic E-state index is 0.186.